The van der Waals surface area contributed by atoms with E-state index in [1.165, 1.54) is 13.2 Å². The maximum Gasteiger partial charge on any atom is 0.337 e. The molecule has 0 unspecified atom stereocenters. The molecule has 0 heterocycles. The molecule has 0 bridgehead atoms. The van der Waals surface area contributed by atoms with E-state index in [0.717, 1.165) is 0 Å². The molecule has 4 nitrogen and oxygen atoms in total. The third-order valence-electron chi connectivity index (χ3n) is 1.78. The first kappa shape index (κ1) is 10.2. The number of benzene rings is 1. The number of carbonyl (C=O) groups is 1. The summed E-state index contributed by atoms with van der Waals surface area (Å²) in [5, 5.41) is 17.4. The van der Waals surface area contributed by atoms with E-state index >= 15 is 0 Å². The SMILES string of the molecule is CO[C@@H](C(=O)O)c1cccc(C#N)c1. The van der Waals surface area contributed by atoms with E-state index < -0.39 is 12.1 Å². The lowest BCUT2D eigenvalue weighted by molar-refractivity contribution is -0.148. The molecule has 0 aliphatic heterocycles. The second-order valence-corrected chi connectivity index (χ2v) is 2.69. The van der Waals surface area contributed by atoms with Crippen molar-refractivity contribution in [2.45, 2.75) is 6.10 Å². The predicted molar refractivity (Wildman–Crippen MR) is 48.5 cm³/mol. The van der Waals surface area contributed by atoms with Crippen molar-refractivity contribution < 1.29 is 14.6 Å². The Labute approximate surface area is 81.4 Å². The molecular weight excluding hydrogens is 182 g/mol. The minimum atomic E-state index is -1.07. The molecule has 0 aromatic heterocycles. The van der Waals surface area contributed by atoms with Crippen molar-refractivity contribution in [1.82, 2.24) is 0 Å². The fourth-order valence-electron chi connectivity index (χ4n) is 1.15. The van der Waals surface area contributed by atoms with Gasteiger partial charge in [-0.25, -0.2) is 4.79 Å². The van der Waals surface area contributed by atoms with E-state index in [1.54, 1.807) is 18.2 Å². The minimum Gasteiger partial charge on any atom is -0.479 e. The van der Waals surface area contributed by atoms with Crippen molar-refractivity contribution in [2.24, 2.45) is 0 Å². The minimum absolute atomic E-state index is 0.422. The maximum absolute atomic E-state index is 10.7. The Hall–Kier alpha value is -1.86. The van der Waals surface area contributed by atoms with Gasteiger partial charge in [-0.15, -0.1) is 0 Å². The first-order valence-electron chi connectivity index (χ1n) is 3.94. The summed E-state index contributed by atoms with van der Waals surface area (Å²) in [5.74, 6) is -1.07. The van der Waals surface area contributed by atoms with Crippen molar-refractivity contribution >= 4 is 5.97 Å². The van der Waals surface area contributed by atoms with Crippen LogP contribution in [-0.2, 0) is 9.53 Å². The number of nitriles is 1. The van der Waals surface area contributed by atoms with Gasteiger partial charge in [-0.1, -0.05) is 12.1 Å². The molecule has 0 saturated heterocycles. The summed E-state index contributed by atoms with van der Waals surface area (Å²) in [6, 6.07) is 8.29. The highest BCUT2D eigenvalue weighted by molar-refractivity contribution is 5.74. The molecule has 0 aliphatic carbocycles. The van der Waals surface area contributed by atoms with Crippen LogP contribution >= 0.6 is 0 Å². The lowest BCUT2D eigenvalue weighted by Crippen LogP contribution is -2.13. The molecule has 0 radical (unpaired) electrons. The Balaban J connectivity index is 3.05. The fraction of sp³-hybridized carbons (Fsp3) is 0.200. The number of hydrogen-bond acceptors (Lipinski definition) is 3. The van der Waals surface area contributed by atoms with Crippen LogP contribution in [0.3, 0.4) is 0 Å². The summed E-state index contributed by atoms with van der Waals surface area (Å²) in [7, 11) is 1.32. The van der Waals surface area contributed by atoms with Gasteiger partial charge < -0.3 is 9.84 Å². The zero-order valence-corrected chi connectivity index (χ0v) is 7.60. The Morgan fingerprint density at radius 2 is 2.36 bits per heavy atom. The van der Waals surface area contributed by atoms with Crippen LogP contribution in [0.25, 0.3) is 0 Å². The van der Waals surface area contributed by atoms with Crippen molar-refractivity contribution in [3.63, 3.8) is 0 Å². The van der Waals surface area contributed by atoms with Crippen LogP contribution in [0.5, 0.6) is 0 Å². The van der Waals surface area contributed by atoms with Gasteiger partial charge in [-0.2, -0.15) is 5.26 Å². The standard InChI is InChI=1S/C10H9NO3/c1-14-9(10(12)13)8-4-2-3-7(5-8)6-11/h2-5,9H,1H3,(H,12,13)/t9-/m1/s1. The molecule has 0 amide bonds. The summed E-state index contributed by atoms with van der Waals surface area (Å²) in [4.78, 5) is 10.7. The lowest BCUT2D eigenvalue weighted by Gasteiger charge is -2.10. The molecule has 1 aromatic rings. The van der Waals surface area contributed by atoms with Crippen LogP contribution in [0.15, 0.2) is 24.3 Å². The zero-order chi connectivity index (χ0) is 10.6. The van der Waals surface area contributed by atoms with Gasteiger partial charge in [-0.05, 0) is 17.7 Å². The number of methoxy groups -OCH3 is 1. The van der Waals surface area contributed by atoms with Crippen LogP contribution in [0.1, 0.15) is 17.2 Å². The number of ether oxygens (including phenoxy) is 1. The summed E-state index contributed by atoms with van der Waals surface area (Å²) in [6.45, 7) is 0. The Morgan fingerprint density at radius 1 is 1.64 bits per heavy atom. The van der Waals surface area contributed by atoms with Crippen LogP contribution in [0.4, 0.5) is 0 Å². The second kappa shape index (κ2) is 4.40. The monoisotopic (exact) mass is 191 g/mol. The summed E-state index contributed by atoms with van der Waals surface area (Å²) in [6.07, 6.45) is -1.01. The number of nitrogens with zero attached hydrogens (tertiary/aromatic N) is 1. The average Bonchev–Trinajstić information content (AvgIpc) is 2.19. The Kier molecular flexibility index (Phi) is 3.21. The van der Waals surface area contributed by atoms with E-state index in [-0.39, 0.29) is 0 Å². The van der Waals surface area contributed by atoms with Crippen LogP contribution in [0.2, 0.25) is 0 Å². The normalized spacial score (nSPS) is 11.7. The van der Waals surface area contributed by atoms with Gasteiger partial charge in [0.1, 0.15) is 0 Å². The highest BCUT2D eigenvalue weighted by atomic mass is 16.5. The van der Waals surface area contributed by atoms with Gasteiger partial charge in [-0.3, -0.25) is 0 Å². The molecule has 0 aliphatic rings. The molecule has 4 heteroatoms. The third-order valence-corrected chi connectivity index (χ3v) is 1.78. The molecule has 72 valence electrons. The quantitative estimate of drug-likeness (QED) is 0.782. The largest absolute Gasteiger partial charge is 0.479 e. The lowest BCUT2D eigenvalue weighted by atomic mass is 10.1. The first-order valence-corrected chi connectivity index (χ1v) is 3.94. The molecule has 0 fully saturated rings. The van der Waals surface area contributed by atoms with Crippen molar-refractivity contribution in [1.29, 1.82) is 5.26 Å². The zero-order valence-electron chi connectivity index (χ0n) is 7.60. The first-order chi connectivity index (χ1) is 6.69. The topological polar surface area (TPSA) is 70.3 Å². The number of rotatable bonds is 3. The highest BCUT2D eigenvalue weighted by Gasteiger charge is 2.18. The number of aliphatic carboxylic acids is 1. The van der Waals surface area contributed by atoms with Gasteiger partial charge in [0.05, 0.1) is 11.6 Å². The van der Waals surface area contributed by atoms with Crippen LogP contribution in [0, 0.1) is 11.3 Å². The van der Waals surface area contributed by atoms with E-state index in [9.17, 15) is 4.79 Å². The summed E-state index contributed by atoms with van der Waals surface area (Å²) in [5.41, 5.74) is 0.893. The van der Waals surface area contributed by atoms with Gasteiger partial charge in [0, 0.05) is 7.11 Å². The highest BCUT2D eigenvalue weighted by Crippen LogP contribution is 2.17. The smallest absolute Gasteiger partial charge is 0.337 e. The molecule has 1 N–H and O–H groups in total. The predicted octanol–water partition coefficient (Wildman–Crippen LogP) is 1.33. The van der Waals surface area contributed by atoms with Gasteiger partial charge >= 0.3 is 5.97 Å². The Bertz CT molecular complexity index is 381. The van der Waals surface area contributed by atoms with Crippen molar-refractivity contribution in [3.8, 4) is 6.07 Å². The molecule has 1 aromatic carbocycles. The fourth-order valence-corrected chi connectivity index (χ4v) is 1.15. The molecule has 14 heavy (non-hydrogen) atoms. The molecule has 1 rings (SSSR count). The van der Waals surface area contributed by atoms with Crippen LogP contribution in [-0.4, -0.2) is 18.2 Å². The number of carboxylic acid groups (broad SMARTS) is 1. The molecule has 0 saturated carbocycles. The average molecular weight is 191 g/mol. The molecule has 1 atom stereocenters. The number of carboxylic acids is 1. The Morgan fingerprint density at radius 3 is 2.86 bits per heavy atom. The van der Waals surface area contributed by atoms with Crippen molar-refractivity contribution in [2.75, 3.05) is 7.11 Å². The maximum atomic E-state index is 10.7. The molecule has 0 spiro atoms. The number of hydrogen-bond donors (Lipinski definition) is 1. The summed E-state index contributed by atoms with van der Waals surface area (Å²) >= 11 is 0. The second-order valence-electron chi connectivity index (χ2n) is 2.69. The molecular formula is C10H9NO3. The van der Waals surface area contributed by atoms with Crippen molar-refractivity contribution in [3.05, 3.63) is 35.4 Å². The van der Waals surface area contributed by atoms with E-state index in [2.05, 4.69) is 0 Å². The van der Waals surface area contributed by atoms with Crippen LogP contribution < -0.4 is 0 Å². The summed E-state index contributed by atoms with van der Waals surface area (Å²) < 4.78 is 4.79. The van der Waals surface area contributed by atoms with E-state index in [0.29, 0.717) is 11.1 Å². The third kappa shape index (κ3) is 2.09. The van der Waals surface area contributed by atoms with Gasteiger partial charge in [0.15, 0.2) is 6.10 Å². The van der Waals surface area contributed by atoms with E-state index in [4.69, 9.17) is 15.1 Å². The van der Waals surface area contributed by atoms with Gasteiger partial charge in [0.25, 0.3) is 0 Å². The van der Waals surface area contributed by atoms with E-state index in [1.807, 2.05) is 6.07 Å². The van der Waals surface area contributed by atoms with Gasteiger partial charge in [0.2, 0.25) is 0 Å².